The Kier molecular flexibility index (Phi) is 2.69. The molecule has 2 heteroatoms. The number of hydrogen-bond donors (Lipinski definition) is 0. The van der Waals surface area contributed by atoms with Gasteiger partial charge in [-0.1, -0.05) is 31.5 Å². The zero-order chi connectivity index (χ0) is 10.1. The van der Waals surface area contributed by atoms with Crippen molar-refractivity contribution in [3.05, 3.63) is 28.8 Å². The summed E-state index contributed by atoms with van der Waals surface area (Å²) in [6.07, 6.45) is 1.12. The number of rotatable bonds is 1. The van der Waals surface area contributed by atoms with Gasteiger partial charge in [0.05, 0.1) is 6.61 Å². The highest BCUT2D eigenvalue weighted by molar-refractivity contribution is 6.30. The van der Waals surface area contributed by atoms with E-state index >= 15 is 0 Å². The maximum Gasteiger partial charge on any atom is 0.124 e. The quantitative estimate of drug-likeness (QED) is 0.684. The van der Waals surface area contributed by atoms with Gasteiger partial charge in [0.1, 0.15) is 5.75 Å². The third kappa shape index (κ3) is 1.74. The molecule has 0 spiro atoms. The minimum Gasteiger partial charge on any atom is -0.493 e. The highest BCUT2D eigenvalue weighted by Crippen LogP contribution is 2.39. The van der Waals surface area contributed by atoms with Crippen LogP contribution in [0.2, 0.25) is 5.02 Å². The molecule has 0 saturated carbocycles. The first kappa shape index (κ1) is 9.85. The molecular formula is C12H15ClO. The predicted octanol–water partition coefficient (Wildman–Crippen LogP) is 3.86. The molecule has 1 aromatic carbocycles. The predicted molar refractivity (Wildman–Crippen MR) is 59.1 cm³/mol. The minimum absolute atomic E-state index is 0.621. The van der Waals surface area contributed by atoms with Crippen LogP contribution in [0.25, 0.3) is 0 Å². The summed E-state index contributed by atoms with van der Waals surface area (Å²) in [5, 5.41) is 0.758. The molecule has 1 atom stereocenters. The van der Waals surface area contributed by atoms with Gasteiger partial charge in [0.25, 0.3) is 0 Å². The topological polar surface area (TPSA) is 9.23 Å². The van der Waals surface area contributed by atoms with Gasteiger partial charge in [-0.3, -0.25) is 0 Å². The van der Waals surface area contributed by atoms with E-state index in [1.54, 1.807) is 0 Å². The normalized spacial score (nSPS) is 20.4. The lowest BCUT2D eigenvalue weighted by atomic mass is 9.84. The van der Waals surface area contributed by atoms with Gasteiger partial charge in [-0.2, -0.15) is 0 Å². The van der Waals surface area contributed by atoms with Crippen LogP contribution in [-0.2, 0) is 0 Å². The number of benzene rings is 1. The lowest BCUT2D eigenvalue weighted by molar-refractivity contribution is 0.247. The van der Waals surface area contributed by atoms with Crippen LogP contribution >= 0.6 is 11.6 Å². The van der Waals surface area contributed by atoms with Crippen molar-refractivity contribution in [1.29, 1.82) is 0 Å². The fourth-order valence-corrected chi connectivity index (χ4v) is 2.25. The number of fused-ring (bicyclic) bond motifs is 1. The molecule has 1 aliphatic heterocycles. The molecule has 0 fully saturated rings. The Bertz CT molecular complexity index is 333. The van der Waals surface area contributed by atoms with E-state index in [1.807, 2.05) is 12.1 Å². The maximum absolute atomic E-state index is 5.92. The van der Waals surface area contributed by atoms with E-state index in [2.05, 4.69) is 19.9 Å². The van der Waals surface area contributed by atoms with Crippen LogP contribution in [0.3, 0.4) is 0 Å². The third-order valence-electron chi connectivity index (χ3n) is 2.87. The standard InChI is InChI=1S/C12H15ClO/c1-8(2)10-5-6-14-12-7-9(13)3-4-11(10)12/h3-4,7-8,10H,5-6H2,1-2H3/t10-/m1/s1. The first-order chi connectivity index (χ1) is 6.68. The summed E-state index contributed by atoms with van der Waals surface area (Å²) >= 11 is 5.92. The van der Waals surface area contributed by atoms with Gasteiger partial charge in [0.15, 0.2) is 0 Å². The van der Waals surface area contributed by atoms with Crippen molar-refractivity contribution in [1.82, 2.24) is 0 Å². The van der Waals surface area contributed by atoms with Crippen LogP contribution in [0.1, 0.15) is 31.7 Å². The third-order valence-corrected chi connectivity index (χ3v) is 3.10. The average Bonchev–Trinajstić information content (AvgIpc) is 2.16. The van der Waals surface area contributed by atoms with Crippen LogP contribution in [0, 0.1) is 5.92 Å². The summed E-state index contributed by atoms with van der Waals surface area (Å²) in [7, 11) is 0. The van der Waals surface area contributed by atoms with Gasteiger partial charge in [-0.15, -0.1) is 0 Å². The molecule has 0 aromatic heterocycles. The van der Waals surface area contributed by atoms with E-state index in [1.165, 1.54) is 5.56 Å². The van der Waals surface area contributed by atoms with Crippen molar-refractivity contribution in [2.45, 2.75) is 26.2 Å². The zero-order valence-electron chi connectivity index (χ0n) is 8.59. The van der Waals surface area contributed by atoms with Gasteiger partial charge in [-0.05, 0) is 36.0 Å². The lowest BCUT2D eigenvalue weighted by Gasteiger charge is -2.28. The number of ether oxygens (including phenoxy) is 1. The van der Waals surface area contributed by atoms with E-state index in [0.717, 1.165) is 23.8 Å². The molecule has 0 unspecified atom stereocenters. The first-order valence-corrected chi connectivity index (χ1v) is 5.48. The van der Waals surface area contributed by atoms with Crippen molar-refractivity contribution in [2.24, 2.45) is 5.92 Å². The largest absolute Gasteiger partial charge is 0.493 e. The fourth-order valence-electron chi connectivity index (χ4n) is 2.08. The second-order valence-corrected chi connectivity index (χ2v) is 4.61. The Hall–Kier alpha value is -0.690. The molecule has 1 heterocycles. The fraction of sp³-hybridized carbons (Fsp3) is 0.500. The number of halogens is 1. The second-order valence-electron chi connectivity index (χ2n) is 4.17. The van der Waals surface area contributed by atoms with Gasteiger partial charge >= 0.3 is 0 Å². The zero-order valence-corrected chi connectivity index (χ0v) is 9.34. The highest BCUT2D eigenvalue weighted by Gasteiger charge is 2.23. The van der Waals surface area contributed by atoms with Crippen LogP contribution in [0.5, 0.6) is 5.75 Å². The average molecular weight is 211 g/mol. The molecule has 1 nitrogen and oxygen atoms in total. The van der Waals surface area contributed by atoms with Gasteiger partial charge in [0.2, 0.25) is 0 Å². The van der Waals surface area contributed by atoms with Crippen LogP contribution in [0.4, 0.5) is 0 Å². The monoisotopic (exact) mass is 210 g/mol. The number of hydrogen-bond acceptors (Lipinski definition) is 1. The molecule has 2 rings (SSSR count). The van der Waals surface area contributed by atoms with Crippen LogP contribution in [0.15, 0.2) is 18.2 Å². The Labute approximate surface area is 90.0 Å². The maximum atomic E-state index is 5.92. The molecule has 76 valence electrons. The molecule has 0 saturated heterocycles. The molecule has 1 aromatic rings. The molecule has 0 aliphatic carbocycles. The lowest BCUT2D eigenvalue weighted by Crippen LogP contribution is -2.18. The van der Waals surface area contributed by atoms with E-state index in [-0.39, 0.29) is 0 Å². The molecule has 14 heavy (non-hydrogen) atoms. The first-order valence-electron chi connectivity index (χ1n) is 5.10. The summed E-state index contributed by atoms with van der Waals surface area (Å²) in [6.45, 7) is 5.33. The van der Waals surface area contributed by atoms with Gasteiger partial charge < -0.3 is 4.74 Å². The summed E-state index contributed by atoms with van der Waals surface area (Å²) in [6, 6.07) is 5.97. The molecular weight excluding hydrogens is 196 g/mol. The molecule has 1 aliphatic rings. The molecule has 0 amide bonds. The summed E-state index contributed by atoms with van der Waals surface area (Å²) < 4.78 is 5.60. The summed E-state index contributed by atoms with van der Waals surface area (Å²) in [5.41, 5.74) is 1.32. The smallest absolute Gasteiger partial charge is 0.124 e. The Morgan fingerprint density at radius 2 is 2.21 bits per heavy atom. The van der Waals surface area contributed by atoms with Gasteiger partial charge in [0, 0.05) is 5.02 Å². The van der Waals surface area contributed by atoms with E-state index in [4.69, 9.17) is 16.3 Å². The molecule has 0 radical (unpaired) electrons. The Morgan fingerprint density at radius 1 is 1.43 bits per heavy atom. The molecule has 0 bridgehead atoms. The second kappa shape index (κ2) is 3.82. The van der Waals surface area contributed by atoms with Crippen molar-refractivity contribution >= 4 is 11.6 Å². The van der Waals surface area contributed by atoms with Crippen molar-refractivity contribution in [3.63, 3.8) is 0 Å². The van der Waals surface area contributed by atoms with E-state index in [0.29, 0.717) is 11.8 Å². The molecule has 0 N–H and O–H groups in total. The Morgan fingerprint density at radius 3 is 2.93 bits per heavy atom. The summed E-state index contributed by atoms with van der Waals surface area (Å²) in [5.74, 6) is 2.26. The van der Waals surface area contributed by atoms with Crippen molar-refractivity contribution in [3.8, 4) is 5.75 Å². The highest BCUT2D eigenvalue weighted by atomic mass is 35.5. The minimum atomic E-state index is 0.621. The summed E-state index contributed by atoms with van der Waals surface area (Å²) in [4.78, 5) is 0. The van der Waals surface area contributed by atoms with Crippen molar-refractivity contribution < 1.29 is 4.74 Å². The van der Waals surface area contributed by atoms with E-state index in [9.17, 15) is 0 Å². The van der Waals surface area contributed by atoms with Gasteiger partial charge in [-0.25, -0.2) is 0 Å². The Balaban J connectivity index is 2.40. The SMILES string of the molecule is CC(C)[C@H]1CCOc2cc(Cl)ccc21. The van der Waals surface area contributed by atoms with Crippen LogP contribution in [-0.4, -0.2) is 6.61 Å². The van der Waals surface area contributed by atoms with Crippen LogP contribution < -0.4 is 4.74 Å². The van der Waals surface area contributed by atoms with E-state index < -0.39 is 0 Å². The van der Waals surface area contributed by atoms with Crippen molar-refractivity contribution in [2.75, 3.05) is 6.61 Å².